The van der Waals surface area contributed by atoms with Crippen LogP contribution in [0.3, 0.4) is 0 Å². The summed E-state index contributed by atoms with van der Waals surface area (Å²) in [4.78, 5) is 22.7. The minimum Gasteiger partial charge on any atom is -0.481 e. The molecule has 0 aliphatic rings. The van der Waals surface area contributed by atoms with Gasteiger partial charge in [-0.1, -0.05) is 6.07 Å². The Balaban J connectivity index is 2.76. The predicted octanol–water partition coefficient (Wildman–Crippen LogP) is 2.14. The van der Waals surface area contributed by atoms with Crippen LogP contribution in [0.1, 0.15) is 35.3 Å². The number of benzene rings is 1. The number of nitrogens with one attached hydrogen (secondary N) is 1. The molecule has 0 aliphatic carbocycles. The number of carboxylic acids is 1. The van der Waals surface area contributed by atoms with E-state index >= 15 is 0 Å². The number of amides is 1. The first-order chi connectivity index (χ1) is 8.32. The highest BCUT2D eigenvalue weighted by molar-refractivity contribution is 5.94. The van der Waals surface area contributed by atoms with E-state index < -0.39 is 17.9 Å². The molecule has 0 fully saturated rings. The number of carbonyl (C=O) groups is 2. The lowest BCUT2D eigenvalue weighted by atomic mass is 10.0. The van der Waals surface area contributed by atoms with Gasteiger partial charge < -0.3 is 10.4 Å². The Bertz CT molecular complexity index is 468. The van der Waals surface area contributed by atoms with Crippen molar-refractivity contribution < 1.29 is 14.7 Å². The highest BCUT2D eigenvalue weighted by atomic mass is 16.4. The monoisotopic (exact) mass is 249 g/mol. The van der Waals surface area contributed by atoms with Crippen LogP contribution in [0.15, 0.2) is 18.2 Å². The van der Waals surface area contributed by atoms with Gasteiger partial charge in [0.1, 0.15) is 0 Å². The van der Waals surface area contributed by atoms with Crippen LogP contribution >= 0.6 is 0 Å². The van der Waals surface area contributed by atoms with Crippen LogP contribution in [0, 0.1) is 19.8 Å². The van der Waals surface area contributed by atoms with Crippen molar-refractivity contribution in [1.82, 2.24) is 5.32 Å². The van der Waals surface area contributed by atoms with Crippen molar-refractivity contribution in [2.45, 2.75) is 33.7 Å². The van der Waals surface area contributed by atoms with Crippen LogP contribution in [0.5, 0.6) is 0 Å². The number of rotatable bonds is 4. The van der Waals surface area contributed by atoms with E-state index in [4.69, 9.17) is 5.11 Å². The molecule has 1 rings (SSSR count). The van der Waals surface area contributed by atoms with Gasteiger partial charge in [-0.25, -0.2) is 0 Å². The van der Waals surface area contributed by atoms with Crippen molar-refractivity contribution in [3.8, 4) is 0 Å². The zero-order valence-corrected chi connectivity index (χ0v) is 11.2. The van der Waals surface area contributed by atoms with Crippen LogP contribution in [0.25, 0.3) is 0 Å². The van der Waals surface area contributed by atoms with Crippen molar-refractivity contribution >= 4 is 11.9 Å². The van der Waals surface area contributed by atoms with E-state index in [2.05, 4.69) is 5.32 Å². The quantitative estimate of drug-likeness (QED) is 0.859. The molecular weight excluding hydrogens is 230 g/mol. The van der Waals surface area contributed by atoms with Crippen molar-refractivity contribution in [2.24, 2.45) is 5.92 Å². The zero-order chi connectivity index (χ0) is 13.9. The van der Waals surface area contributed by atoms with Gasteiger partial charge in [0.05, 0.1) is 5.92 Å². The lowest BCUT2D eigenvalue weighted by molar-refractivity contribution is -0.141. The van der Waals surface area contributed by atoms with Crippen molar-refractivity contribution in [2.75, 3.05) is 0 Å². The number of aryl methyl sites for hydroxylation is 2. The molecule has 0 spiro atoms. The molecule has 2 N–H and O–H groups in total. The molecule has 4 heteroatoms. The summed E-state index contributed by atoms with van der Waals surface area (Å²) in [5.41, 5.74) is 2.72. The highest BCUT2D eigenvalue weighted by Crippen LogP contribution is 2.11. The van der Waals surface area contributed by atoms with Crippen molar-refractivity contribution in [1.29, 1.82) is 0 Å². The van der Waals surface area contributed by atoms with Gasteiger partial charge in [0.25, 0.3) is 5.91 Å². The standard InChI is InChI=1S/C14H19NO3/c1-8-5-6-12(7-9(8)2)13(16)15-11(4)10(3)14(17)18/h5-7,10-11H,1-4H3,(H,15,16)(H,17,18). The summed E-state index contributed by atoms with van der Waals surface area (Å²) in [5.74, 6) is -1.76. The molecule has 0 radical (unpaired) electrons. The zero-order valence-electron chi connectivity index (χ0n) is 11.2. The summed E-state index contributed by atoms with van der Waals surface area (Å²) in [5, 5.41) is 11.6. The molecular formula is C14H19NO3. The minimum atomic E-state index is -0.914. The van der Waals surface area contributed by atoms with E-state index in [9.17, 15) is 9.59 Å². The smallest absolute Gasteiger partial charge is 0.308 e. The summed E-state index contributed by atoms with van der Waals surface area (Å²) < 4.78 is 0. The Morgan fingerprint density at radius 1 is 1.17 bits per heavy atom. The van der Waals surface area contributed by atoms with Gasteiger partial charge in [0, 0.05) is 11.6 Å². The normalized spacial score (nSPS) is 13.8. The van der Waals surface area contributed by atoms with E-state index in [1.54, 1.807) is 19.9 Å². The maximum absolute atomic E-state index is 11.9. The fourth-order valence-corrected chi connectivity index (χ4v) is 1.51. The molecule has 2 atom stereocenters. The van der Waals surface area contributed by atoms with Gasteiger partial charge in [-0.15, -0.1) is 0 Å². The average molecular weight is 249 g/mol. The molecule has 0 saturated carbocycles. The van der Waals surface area contributed by atoms with E-state index in [0.29, 0.717) is 5.56 Å². The van der Waals surface area contributed by atoms with Gasteiger partial charge in [0.15, 0.2) is 0 Å². The number of hydrogen-bond donors (Lipinski definition) is 2. The molecule has 18 heavy (non-hydrogen) atoms. The Morgan fingerprint density at radius 2 is 1.78 bits per heavy atom. The molecule has 0 saturated heterocycles. The van der Waals surface area contributed by atoms with Crippen molar-refractivity contribution in [3.63, 3.8) is 0 Å². The highest BCUT2D eigenvalue weighted by Gasteiger charge is 2.21. The third-order valence-electron chi connectivity index (χ3n) is 3.27. The number of aliphatic carboxylic acids is 1. The molecule has 98 valence electrons. The molecule has 0 aliphatic heterocycles. The molecule has 1 aromatic rings. The minimum absolute atomic E-state index is 0.237. The first kappa shape index (κ1) is 14.2. The lowest BCUT2D eigenvalue weighted by Gasteiger charge is -2.18. The topological polar surface area (TPSA) is 66.4 Å². The second-order valence-electron chi connectivity index (χ2n) is 4.69. The summed E-state index contributed by atoms with van der Waals surface area (Å²) in [6.45, 7) is 7.19. The van der Waals surface area contributed by atoms with Crippen LogP contribution in [0.2, 0.25) is 0 Å². The van der Waals surface area contributed by atoms with Gasteiger partial charge in [0.2, 0.25) is 0 Å². The largest absolute Gasteiger partial charge is 0.481 e. The SMILES string of the molecule is Cc1ccc(C(=O)NC(C)C(C)C(=O)O)cc1C. The molecule has 1 aromatic carbocycles. The second-order valence-corrected chi connectivity index (χ2v) is 4.69. The first-order valence-corrected chi connectivity index (χ1v) is 5.94. The summed E-state index contributed by atoms with van der Waals surface area (Å²) >= 11 is 0. The molecule has 1 amide bonds. The van der Waals surface area contributed by atoms with E-state index in [-0.39, 0.29) is 5.91 Å². The average Bonchev–Trinajstić information content (AvgIpc) is 2.31. The van der Waals surface area contributed by atoms with Gasteiger partial charge >= 0.3 is 5.97 Å². The Labute approximate surface area is 107 Å². The van der Waals surface area contributed by atoms with Crippen LogP contribution in [-0.2, 0) is 4.79 Å². The van der Waals surface area contributed by atoms with Crippen LogP contribution < -0.4 is 5.32 Å². The summed E-state index contributed by atoms with van der Waals surface area (Å²) in [6.07, 6.45) is 0. The number of hydrogen-bond acceptors (Lipinski definition) is 2. The third-order valence-corrected chi connectivity index (χ3v) is 3.27. The summed E-state index contributed by atoms with van der Waals surface area (Å²) in [6, 6.07) is 5.03. The first-order valence-electron chi connectivity index (χ1n) is 5.94. The predicted molar refractivity (Wildman–Crippen MR) is 69.6 cm³/mol. The maximum Gasteiger partial charge on any atom is 0.308 e. The van der Waals surface area contributed by atoms with Gasteiger partial charge in [-0.05, 0) is 51.0 Å². The third kappa shape index (κ3) is 3.32. The van der Waals surface area contributed by atoms with Gasteiger partial charge in [-0.2, -0.15) is 0 Å². The Hall–Kier alpha value is -1.84. The number of carbonyl (C=O) groups excluding carboxylic acids is 1. The second kappa shape index (κ2) is 5.67. The molecule has 4 nitrogen and oxygen atoms in total. The molecule has 0 heterocycles. The summed E-state index contributed by atoms with van der Waals surface area (Å²) in [7, 11) is 0. The Kier molecular flexibility index (Phi) is 4.48. The lowest BCUT2D eigenvalue weighted by Crippen LogP contribution is -2.40. The van der Waals surface area contributed by atoms with E-state index in [1.807, 2.05) is 26.0 Å². The fourth-order valence-electron chi connectivity index (χ4n) is 1.51. The molecule has 2 unspecified atom stereocenters. The number of carboxylic acid groups (broad SMARTS) is 1. The Morgan fingerprint density at radius 3 is 2.28 bits per heavy atom. The van der Waals surface area contributed by atoms with E-state index in [1.165, 1.54) is 0 Å². The maximum atomic E-state index is 11.9. The molecule has 0 aromatic heterocycles. The van der Waals surface area contributed by atoms with E-state index in [0.717, 1.165) is 11.1 Å². The van der Waals surface area contributed by atoms with Gasteiger partial charge in [-0.3, -0.25) is 9.59 Å². The van der Waals surface area contributed by atoms with Crippen LogP contribution in [-0.4, -0.2) is 23.0 Å². The van der Waals surface area contributed by atoms with Crippen LogP contribution in [0.4, 0.5) is 0 Å². The van der Waals surface area contributed by atoms with Crippen molar-refractivity contribution in [3.05, 3.63) is 34.9 Å². The fraction of sp³-hybridized carbons (Fsp3) is 0.429. The molecule has 0 bridgehead atoms.